The maximum Gasteiger partial charge on any atom is 0.344 e. The molecular weight excluding hydrogens is 341 g/mol. The van der Waals surface area contributed by atoms with E-state index in [-0.39, 0.29) is 5.75 Å². The molecule has 0 aromatic heterocycles. The summed E-state index contributed by atoms with van der Waals surface area (Å²) in [6, 6.07) is 12.6. The van der Waals surface area contributed by atoms with Gasteiger partial charge in [-0.25, -0.2) is 9.18 Å². The van der Waals surface area contributed by atoms with Gasteiger partial charge >= 0.3 is 5.97 Å². The van der Waals surface area contributed by atoms with Crippen LogP contribution in [-0.2, 0) is 20.9 Å². The average Bonchev–Trinajstić information content (AvgIpc) is 2.65. The van der Waals surface area contributed by atoms with Crippen LogP contribution in [0.2, 0.25) is 0 Å². The van der Waals surface area contributed by atoms with E-state index in [2.05, 4.69) is 5.32 Å². The quantitative estimate of drug-likeness (QED) is 0.731. The number of esters is 1. The number of hydrogen-bond acceptors (Lipinski definition) is 5. The molecule has 0 spiro atoms. The van der Waals surface area contributed by atoms with Gasteiger partial charge in [0.05, 0.1) is 7.11 Å². The van der Waals surface area contributed by atoms with E-state index in [1.54, 1.807) is 19.2 Å². The second kappa shape index (κ2) is 9.41. The molecule has 6 nitrogen and oxygen atoms in total. The third-order valence-electron chi connectivity index (χ3n) is 3.46. The largest absolute Gasteiger partial charge is 0.497 e. The molecule has 0 unspecified atom stereocenters. The van der Waals surface area contributed by atoms with Gasteiger partial charge in [0.25, 0.3) is 5.91 Å². The molecular formula is C19H20FNO5. The van der Waals surface area contributed by atoms with Crippen LogP contribution in [0.5, 0.6) is 11.5 Å². The highest BCUT2D eigenvalue weighted by Crippen LogP contribution is 2.12. The van der Waals surface area contributed by atoms with Crippen LogP contribution in [0.15, 0.2) is 48.5 Å². The van der Waals surface area contributed by atoms with Crippen LogP contribution in [0, 0.1) is 5.82 Å². The minimum Gasteiger partial charge on any atom is -0.497 e. The minimum absolute atomic E-state index is 0.207. The van der Waals surface area contributed by atoms with Gasteiger partial charge in [-0.05, 0) is 36.8 Å². The first-order chi connectivity index (χ1) is 12.5. The summed E-state index contributed by atoms with van der Waals surface area (Å²) in [6.07, 6.45) is -0.975. The molecule has 0 aliphatic heterocycles. The molecule has 26 heavy (non-hydrogen) atoms. The smallest absolute Gasteiger partial charge is 0.344 e. The fourth-order valence-corrected chi connectivity index (χ4v) is 2.06. The van der Waals surface area contributed by atoms with Gasteiger partial charge in [0.1, 0.15) is 17.3 Å². The molecule has 0 aliphatic carbocycles. The van der Waals surface area contributed by atoms with E-state index in [9.17, 15) is 14.0 Å². The molecule has 1 amide bonds. The molecule has 0 bridgehead atoms. The molecule has 1 N–H and O–H groups in total. The zero-order valence-electron chi connectivity index (χ0n) is 14.5. The van der Waals surface area contributed by atoms with E-state index in [4.69, 9.17) is 14.2 Å². The van der Waals surface area contributed by atoms with Gasteiger partial charge < -0.3 is 19.5 Å². The van der Waals surface area contributed by atoms with Crippen LogP contribution < -0.4 is 14.8 Å². The number of carbonyl (C=O) groups is 2. The fourth-order valence-electron chi connectivity index (χ4n) is 2.06. The molecule has 2 rings (SSSR count). The van der Waals surface area contributed by atoms with Crippen LogP contribution in [0.3, 0.4) is 0 Å². The number of benzene rings is 2. The highest BCUT2D eigenvalue weighted by Gasteiger charge is 2.18. The number of rotatable bonds is 8. The minimum atomic E-state index is -0.975. The van der Waals surface area contributed by atoms with Crippen molar-refractivity contribution in [1.82, 2.24) is 5.32 Å². The first kappa shape index (κ1) is 19.2. The summed E-state index contributed by atoms with van der Waals surface area (Å²) in [6.45, 7) is 1.34. The standard InChI is InChI=1S/C19H20FNO5/c1-13(19(23)21-11-14-6-8-16(24-2)9-7-14)26-18(22)12-25-17-5-3-4-15(20)10-17/h3-10,13H,11-12H2,1-2H3,(H,21,23)/t13-/m1/s1. The SMILES string of the molecule is COc1ccc(CNC(=O)[C@@H](C)OC(=O)COc2cccc(F)c2)cc1. The Bertz CT molecular complexity index is 748. The number of amides is 1. The number of carbonyl (C=O) groups excluding carboxylic acids is 2. The molecule has 0 radical (unpaired) electrons. The normalized spacial score (nSPS) is 11.3. The van der Waals surface area contributed by atoms with Crippen LogP contribution in [0.4, 0.5) is 4.39 Å². The maximum absolute atomic E-state index is 13.0. The van der Waals surface area contributed by atoms with Gasteiger partial charge in [0.2, 0.25) is 0 Å². The fraction of sp³-hybridized carbons (Fsp3) is 0.263. The van der Waals surface area contributed by atoms with Crippen LogP contribution >= 0.6 is 0 Å². The third kappa shape index (κ3) is 6.08. The molecule has 0 fully saturated rings. The Morgan fingerprint density at radius 1 is 1.12 bits per heavy atom. The van der Waals surface area contributed by atoms with E-state index in [1.165, 1.54) is 25.1 Å². The highest BCUT2D eigenvalue weighted by atomic mass is 19.1. The van der Waals surface area contributed by atoms with Crippen molar-refractivity contribution in [3.05, 3.63) is 59.9 Å². The van der Waals surface area contributed by atoms with Crippen molar-refractivity contribution in [2.45, 2.75) is 19.6 Å². The molecule has 0 aliphatic rings. The van der Waals surface area contributed by atoms with Crippen LogP contribution in [0.1, 0.15) is 12.5 Å². The molecule has 1 atom stereocenters. The Labute approximate surface area is 150 Å². The van der Waals surface area contributed by atoms with E-state index in [0.29, 0.717) is 6.54 Å². The number of ether oxygens (including phenoxy) is 3. The van der Waals surface area contributed by atoms with Crippen molar-refractivity contribution in [2.75, 3.05) is 13.7 Å². The number of nitrogens with one attached hydrogen (secondary N) is 1. The van der Waals surface area contributed by atoms with Gasteiger partial charge in [0, 0.05) is 12.6 Å². The van der Waals surface area contributed by atoms with Crippen molar-refractivity contribution in [3.63, 3.8) is 0 Å². The molecule has 7 heteroatoms. The van der Waals surface area contributed by atoms with Crippen molar-refractivity contribution < 1.29 is 28.2 Å². The molecule has 0 saturated carbocycles. The van der Waals surface area contributed by atoms with Crippen LogP contribution in [0.25, 0.3) is 0 Å². The van der Waals surface area contributed by atoms with Gasteiger partial charge in [-0.3, -0.25) is 4.79 Å². The molecule has 0 saturated heterocycles. The van der Waals surface area contributed by atoms with E-state index in [0.717, 1.165) is 17.4 Å². The number of halogens is 1. The maximum atomic E-state index is 13.0. The summed E-state index contributed by atoms with van der Waals surface area (Å²) < 4.78 is 28.2. The Kier molecular flexibility index (Phi) is 6.96. The van der Waals surface area contributed by atoms with Gasteiger partial charge in [-0.1, -0.05) is 18.2 Å². The number of methoxy groups -OCH3 is 1. The molecule has 2 aromatic rings. The average molecular weight is 361 g/mol. The molecule has 2 aromatic carbocycles. The second-order valence-corrected chi connectivity index (χ2v) is 5.44. The van der Waals surface area contributed by atoms with E-state index < -0.39 is 30.4 Å². The van der Waals surface area contributed by atoms with Gasteiger partial charge in [-0.2, -0.15) is 0 Å². The van der Waals surface area contributed by atoms with Crippen molar-refractivity contribution >= 4 is 11.9 Å². The monoisotopic (exact) mass is 361 g/mol. The summed E-state index contributed by atoms with van der Waals surface area (Å²) in [5, 5.41) is 2.68. The predicted molar refractivity (Wildman–Crippen MR) is 92.3 cm³/mol. The lowest BCUT2D eigenvalue weighted by atomic mass is 10.2. The van der Waals surface area contributed by atoms with Crippen molar-refractivity contribution in [3.8, 4) is 11.5 Å². The van der Waals surface area contributed by atoms with Crippen molar-refractivity contribution in [1.29, 1.82) is 0 Å². The van der Waals surface area contributed by atoms with Crippen molar-refractivity contribution in [2.24, 2.45) is 0 Å². The second-order valence-electron chi connectivity index (χ2n) is 5.44. The highest BCUT2D eigenvalue weighted by molar-refractivity contribution is 5.83. The third-order valence-corrected chi connectivity index (χ3v) is 3.46. The first-order valence-electron chi connectivity index (χ1n) is 7.96. The summed E-state index contributed by atoms with van der Waals surface area (Å²) >= 11 is 0. The summed E-state index contributed by atoms with van der Waals surface area (Å²) in [5.74, 6) is -0.692. The summed E-state index contributed by atoms with van der Waals surface area (Å²) in [7, 11) is 1.57. The predicted octanol–water partition coefficient (Wildman–Crippen LogP) is 2.46. The lowest BCUT2D eigenvalue weighted by molar-refractivity contribution is -0.156. The van der Waals surface area contributed by atoms with Crippen LogP contribution in [-0.4, -0.2) is 31.7 Å². The topological polar surface area (TPSA) is 73.9 Å². The Morgan fingerprint density at radius 3 is 2.50 bits per heavy atom. The Balaban J connectivity index is 1.73. The Morgan fingerprint density at radius 2 is 1.85 bits per heavy atom. The van der Waals surface area contributed by atoms with E-state index in [1.807, 2.05) is 12.1 Å². The lowest BCUT2D eigenvalue weighted by Gasteiger charge is -2.14. The van der Waals surface area contributed by atoms with Gasteiger partial charge in [0.15, 0.2) is 12.7 Å². The molecule has 0 heterocycles. The molecule has 138 valence electrons. The number of hydrogen-bond donors (Lipinski definition) is 1. The summed E-state index contributed by atoms with van der Waals surface area (Å²) in [5.41, 5.74) is 0.882. The first-order valence-corrected chi connectivity index (χ1v) is 7.96. The summed E-state index contributed by atoms with van der Waals surface area (Å²) in [4.78, 5) is 23.7. The van der Waals surface area contributed by atoms with Gasteiger partial charge in [-0.15, -0.1) is 0 Å². The zero-order valence-corrected chi connectivity index (χ0v) is 14.5. The lowest BCUT2D eigenvalue weighted by Crippen LogP contribution is -2.36. The Hall–Kier alpha value is -3.09. The van der Waals surface area contributed by atoms with E-state index >= 15 is 0 Å². The zero-order chi connectivity index (χ0) is 18.9.